The number of halogens is 2. The van der Waals surface area contributed by atoms with Crippen LogP contribution in [0.5, 0.6) is 11.5 Å². The molecule has 3 N–H and O–H groups in total. The molecule has 0 bridgehead atoms. The van der Waals surface area contributed by atoms with E-state index in [1.165, 1.54) is 0 Å². The van der Waals surface area contributed by atoms with Crippen molar-refractivity contribution in [1.29, 1.82) is 0 Å². The second-order valence-corrected chi connectivity index (χ2v) is 9.04. The Kier molecular flexibility index (Phi) is 9.35. The lowest BCUT2D eigenvalue weighted by atomic mass is 10.1. The van der Waals surface area contributed by atoms with Crippen LogP contribution in [0.3, 0.4) is 0 Å². The first-order valence-corrected chi connectivity index (χ1v) is 13.0. The summed E-state index contributed by atoms with van der Waals surface area (Å²) in [6, 6.07) is 22.2. The molecule has 8 nitrogen and oxygen atoms in total. The SMILES string of the molecule is COc1cccc(-c2cc(NC(=O)NNc3ccc(N(CCCl)CCCl)cc3)c3cc(OC)ccc3n2)c1. The van der Waals surface area contributed by atoms with Crippen LogP contribution in [0.2, 0.25) is 0 Å². The molecule has 10 heteroatoms. The predicted octanol–water partition coefficient (Wildman–Crippen LogP) is 6.35. The summed E-state index contributed by atoms with van der Waals surface area (Å²) in [4.78, 5) is 19.8. The molecule has 1 heterocycles. The van der Waals surface area contributed by atoms with Crippen molar-refractivity contribution < 1.29 is 14.3 Å². The average molecular weight is 554 g/mol. The number of urea groups is 1. The number of hydrazine groups is 1. The molecule has 0 atom stereocenters. The number of anilines is 3. The summed E-state index contributed by atoms with van der Waals surface area (Å²) in [7, 11) is 3.21. The lowest BCUT2D eigenvalue weighted by molar-refractivity contribution is 0.254. The van der Waals surface area contributed by atoms with Crippen LogP contribution in [-0.2, 0) is 0 Å². The summed E-state index contributed by atoms with van der Waals surface area (Å²) in [6.45, 7) is 1.40. The molecular formula is C28H29Cl2N5O3. The summed E-state index contributed by atoms with van der Waals surface area (Å²) in [5.41, 5.74) is 10.2. The van der Waals surface area contributed by atoms with Gasteiger partial charge in [0.2, 0.25) is 0 Å². The quantitative estimate of drug-likeness (QED) is 0.148. The molecular weight excluding hydrogens is 525 g/mol. The van der Waals surface area contributed by atoms with E-state index in [9.17, 15) is 4.79 Å². The Morgan fingerprint density at radius 3 is 2.29 bits per heavy atom. The van der Waals surface area contributed by atoms with Gasteiger partial charge in [-0.3, -0.25) is 10.9 Å². The molecule has 0 unspecified atom stereocenters. The van der Waals surface area contributed by atoms with Gasteiger partial charge in [-0.15, -0.1) is 23.2 Å². The molecule has 0 radical (unpaired) electrons. The third-order valence-corrected chi connectivity index (χ3v) is 6.23. The summed E-state index contributed by atoms with van der Waals surface area (Å²) < 4.78 is 10.7. The molecule has 4 aromatic rings. The molecule has 2 amide bonds. The zero-order chi connectivity index (χ0) is 26.9. The number of benzene rings is 3. The molecule has 3 aromatic carbocycles. The zero-order valence-corrected chi connectivity index (χ0v) is 22.6. The van der Waals surface area contributed by atoms with Gasteiger partial charge in [0, 0.05) is 41.5 Å². The van der Waals surface area contributed by atoms with Crippen LogP contribution in [0.4, 0.5) is 21.9 Å². The van der Waals surface area contributed by atoms with Gasteiger partial charge < -0.3 is 19.7 Å². The van der Waals surface area contributed by atoms with Gasteiger partial charge in [0.1, 0.15) is 11.5 Å². The maximum absolute atomic E-state index is 12.9. The van der Waals surface area contributed by atoms with E-state index >= 15 is 0 Å². The first kappa shape index (κ1) is 27.2. The van der Waals surface area contributed by atoms with Crippen molar-refractivity contribution in [2.45, 2.75) is 0 Å². The number of amides is 2. The lowest BCUT2D eigenvalue weighted by Crippen LogP contribution is -2.33. The molecule has 38 heavy (non-hydrogen) atoms. The zero-order valence-electron chi connectivity index (χ0n) is 21.1. The largest absolute Gasteiger partial charge is 0.497 e. The number of rotatable bonds is 11. The number of hydrogen-bond acceptors (Lipinski definition) is 6. The Morgan fingerprint density at radius 2 is 1.61 bits per heavy atom. The Bertz CT molecular complexity index is 1380. The summed E-state index contributed by atoms with van der Waals surface area (Å²) in [6.07, 6.45) is 0. The number of aromatic nitrogens is 1. The molecule has 0 aliphatic heterocycles. The summed E-state index contributed by atoms with van der Waals surface area (Å²) in [5, 5.41) is 3.68. The fourth-order valence-electron chi connectivity index (χ4n) is 3.98. The molecule has 0 saturated carbocycles. The number of fused-ring (bicyclic) bond motifs is 1. The van der Waals surface area contributed by atoms with E-state index in [0.29, 0.717) is 47.5 Å². The van der Waals surface area contributed by atoms with Crippen molar-refractivity contribution in [3.05, 3.63) is 72.8 Å². The van der Waals surface area contributed by atoms with Gasteiger partial charge in [0.05, 0.1) is 36.8 Å². The average Bonchev–Trinajstić information content (AvgIpc) is 2.96. The van der Waals surface area contributed by atoms with Gasteiger partial charge in [-0.1, -0.05) is 12.1 Å². The van der Waals surface area contributed by atoms with Gasteiger partial charge in [-0.25, -0.2) is 9.78 Å². The molecule has 1 aromatic heterocycles. The van der Waals surface area contributed by atoms with Gasteiger partial charge in [-0.2, -0.15) is 0 Å². The van der Waals surface area contributed by atoms with Gasteiger partial charge in [0.15, 0.2) is 0 Å². The Morgan fingerprint density at radius 1 is 0.895 bits per heavy atom. The highest BCUT2D eigenvalue weighted by molar-refractivity contribution is 6.18. The number of carbonyl (C=O) groups is 1. The Hall–Kier alpha value is -3.88. The number of alkyl halides is 2. The van der Waals surface area contributed by atoms with Gasteiger partial charge in [0.25, 0.3) is 0 Å². The molecule has 0 saturated heterocycles. The third-order valence-electron chi connectivity index (χ3n) is 5.89. The predicted molar refractivity (Wildman–Crippen MR) is 156 cm³/mol. The number of pyridine rings is 1. The minimum absolute atomic E-state index is 0.438. The molecule has 4 rings (SSSR count). The van der Waals surface area contributed by atoms with E-state index in [-0.39, 0.29) is 0 Å². The molecule has 0 aliphatic rings. The van der Waals surface area contributed by atoms with Crippen molar-refractivity contribution in [1.82, 2.24) is 10.4 Å². The lowest BCUT2D eigenvalue weighted by Gasteiger charge is -2.23. The highest BCUT2D eigenvalue weighted by Crippen LogP contribution is 2.32. The smallest absolute Gasteiger partial charge is 0.337 e. The standard InChI is InChI=1S/C28H29Cl2N5O3/c1-37-22-5-3-4-19(16-22)26-18-27(24-17-23(38-2)10-11-25(24)31-26)32-28(36)34-33-20-6-8-21(9-7-20)35(14-12-29)15-13-30/h3-11,16-18,33H,12-15H2,1-2H3,(H2,31,32,34,36). The number of nitrogens with one attached hydrogen (secondary N) is 3. The normalized spacial score (nSPS) is 10.6. The molecule has 0 aliphatic carbocycles. The number of methoxy groups -OCH3 is 2. The van der Waals surface area contributed by atoms with Crippen LogP contribution in [0, 0.1) is 0 Å². The van der Waals surface area contributed by atoms with E-state index < -0.39 is 6.03 Å². The number of hydrogen-bond donors (Lipinski definition) is 3. The molecule has 0 fully saturated rings. The minimum Gasteiger partial charge on any atom is -0.497 e. The number of ether oxygens (including phenoxy) is 2. The molecule has 0 spiro atoms. The summed E-state index contributed by atoms with van der Waals surface area (Å²) in [5.74, 6) is 2.39. The van der Waals surface area contributed by atoms with E-state index in [1.54, 1.807) is 14.2 Å². The van der Waals surface area contributed by atoms with E-state index in [0.717, 1.165) is 28.1 Å². The number of carbonyl (C=O) groups excluding carboxylic acids is 1. The fourth-order valence-corrected chi connectivity index (χ4v) is 4.39. The van der Waals surface area contributed by atoms with Gasteiger partial charge >= 0.3 is 6.03 Å². The Labute approximate surface area is 231 Å². The van der Waals surface area contributed by atoms with Crippen LogP contribution in [-0.4, -0.2) is 50.1 Å². The highest BCUT2D eigenvalue weighted by Gasteiger charge is 2.13. The van der Waals surface area contributed by atoms with Crippen LogP contribution < -0.4 is 30.5 Å². The van der Waals surface area contributed by atoms with Crippen LogP contribution in [0.15, 0.2) is 72.8 Å². The first-order chi connectivity index (χ1) is 18.5. The van der Waals surface area contributed by atoms with E-state index in [1.807, 2.05) is 72.8 Å². The van der Waals surface area contributed by atoms with Crippen molar-refractivity contribution in [3.63, 3.8) is 0 Å². The highest BCUT2D eigenvalue weighted by atomic mass is 35.5. The van der Waals surface area contributed by atoms with E-state index in [4.69, 9.17) is 37.7 Å². The van der Waals surface area contributed by atoms with Crippen molar-refractivity contribution >= 4 is 57.2 Å². The minimum atomic E-state index is -0.438. The second-order valence-electron chi connectivity index (χ2n) is 8.29. The molecule has 198 valence electrons. The van der Waals surface area contributed by atoms with Crippen LogP contribution in [0.1, 0.15) is 0 Å². The van der Waals surface area contributed by atoms with Crippen molar-refractivity contribution in [3.8, 4) is 22.8 Å². The summed E-state index contributed by atoms with van der Waals surface area (Å²) >= 11 is 11.8. The third kappa shape index (κ3) is 6.70. The monoisotopic (exact) mass is 553 g/mol. The van der Waals surface area contributed by atoms with Gasteiger partial charge in [-0.05, 0) is 60.7 Å². The van der Waals surface area contributed by atoms with Crippen LogP contribution >= 0.6 is 23.2 Å². The topological polar surface area (TPSA) is 87.8 Å². The maximum Gasteiger partial charge on any atom is 0.337 e. The maximum atomic E-state index is 12.9. The van der Waals surface area contributed by atoms with Crippen LogP contribution in [0.25, 0.3) is 22.2 Å². The first-order valence-electron chi connectivity index (χ1n) is 12.0. The fraction of sp³-hybridized carbons (Fsp3) is 0.214. The van der Waals surface area contributed by atoms with Crippen molar-refractivity contribution in [2.75, 3.05) is 54.7 Å². The Balaban J connectivity index is 1.53. The second kappa shape index (κ2) is 13.1. The number of nitrogens with zero attached hydrogens (tertiary/aromatic N) is 2. The van der Waals surface area contributed by atoms with E-state index in [2.05, 4.69) is 21.1 Å². The van der Waals surface area contributed by atoms with Crippen molar-refractivity contribution in [2.24, 2.45) is 0 Å².